The van der Waals surface area contributed by atoms with Gasteiger partial charge in [0.05, 0.1) is 29.4 Å². The standard InChI is InChI=1S/C21H22N4OS/c1-14(26)12-22-21-24-17-10-6-7-11-18(17)25(21)13-19-15(2)23-20(27-19)16-8-4-3-5-9-16/h3-11,14,26H,12-13H2,1-2H3,(H,22,24). The van der Waals surface area contributed by atoms with Gasteiger partial charge in [-0.25, -0.2) is 9.97 Å². The lowest BCUT2D eigenvalue weighted by molar-refractivity contribution is 0.208. The van der Waals surface area contributed by atoms with Gasteiger partial charge in [-0.1, -0.05) is 42.5 Å². The Bertz CT molecular complexity index is 1050. The van der Waals surface area contributed by atoms with Gasteiger partial charge in [0.25, 0.3) is 0 Å². The molecule has 2 N–H and O–H groups in total. The predicted molar refractivity (Wildman–Crippen MR) is 111 cm³/mol. The van der Waals surface area contributed by atoms with Crippen molar-refractivity contribution in [1.82, 2.24) is 14.5 Å². The number of para-hydroxylation sites is 2. The summed E-state index contributed by atoms with van der Waals surface area (Å²) in [6.45, 7) is 4.97. The zero-order chi connectivity index (χ0) is 18.8. The highest BCUT2D eigenvalue weighted by Crippen LogP contribution is 2.30. The molecule has 6 heteroatoms. The van der Waals surface area contributed by atoms with Crippen molar-refractivity contribution < 1.29 is 5.11 Å². The van der Waals surface area contributed by atoms with Crippen molar-refractivity contribution in [3.05, 3.63) is 65.2 Å². The number of thiazole rings is 1. The first kappa shape index (κ1) is 17.7. The van der Waals surface area contributed by atoms with E-state index in [-0.39, 0.29) is 0 Å². The van der Waals surface area contributed by atoms with Gasteiger partial charge in [0, 0.05) is 17.0 Å². The lowest BCUT2D eigenvalue weighted by Gasteiger charge is -2.11. The third kappa shape index (κ3) is 3.72. The van der Waals surface area contributed by atoms with Crippen LogP contribution in [0.5, 0.6) is 0 Å². The molecule has 0 aliphatic rings. The minimum Gasteiger partial charge on any atom is -0.392 e. The molecule has 27 heavy (non-hydrogen) atoms. The molecule has 0 fully saturated rings. The van der Waals surface area contributed by atoms with E-state index >= 15 is 0 Å². The summed E-state index contributed by atoms with van der Waals surface area (Å²) in [6, 6.07) is 18.4. The van der Waals surface area contributed by atoms with Crippen LogP contribution >= 0.6 is 11.3 Å². The molecule has 2 aromatic carbocycles. The fourth-order valence-corrected chi connectivity index (χ4v) is 4.09. The number of aromatic nitrogens is 3. The number of nitrogens with zero attached hydrogens (tertiary/aromatic N) is 3. The maximum Gasteiger partial charge on any atom is 0.204 e. The number of aryl methyl sites for hydroxylation is 1. The van der Waals surface area contributed by atoms with E-state index in [4.69, 9.17) is 9.97 Å². The Balaban J connectivity index is 1.71. The first-order valence-electron chi connectivity index (χ1n) is 9.01. The number of anilines is 1. The number of rotatable bonds is 6. The van der Waals surface area contributed by atoms with Crippen molar-refractivity contribution in [2.75, 3.05) is 11.9 Å². The number of benzene rings is 2. The Labute approximate surface area is 162 Å². The number of fused-ring (bicyclic) bond motifs is 1. The predicted octanol–water partition coefficient (Wildman–Crippen LogP) is 4.31. The Hall–Kier alpha value is -2.70. The number of aliphatic hydroxyl groups excluding tert-OH is 1. The second-order valence-corrected chi connectivity index (χ2v) is 7.72. The second-order valence-electron chi connectivity index (χ2n) is 6.63. The van der Waals surface area contributed by atoms with Crippen LogP contribution in [0.25, 0.3) is 21.6 Å². The summed E-state index contributed by atoms with van der Waals surface area (Å²) < 4.78 is 2.16. The quantitative estimate of drug-likeness (QED) is 0.525. The number of aliphatic hydroxyl groups is 1. The molecule has 4 aromatic rings. The molecule has 0 radical (unpaired) electrons. The van der Waals surface area contributed by atoms with Crippen molar-refractivity contribution >= 4 is 28.3 Å². The van der Waals surface area contributed by atoms with Crippen LogP contribution < -0.4 is 5.32 Å². The molecule has 0 aliphatic carbocycles. The maximum absolute atomic E-state index is 9.64. The van der Waals surface area contributed by atoms with Crippen molar-refractivity contribution in [1.29, 1.82) is 0 Å². The minimum absolute atomic E-state index is 0.437. The number of nitrogens with one attached hydrogen (secondary N) is 1. The Kier molecular flexibility index (Phi) is 4.92. The molecule has 1 unspecified atom stereocenters. The SMILES string of the molecule is Cc1nc(-c2ccccc2)sc1Cn1c(NCC(C)O)nc2ccccc21. The Morgan fingerprint density at radius 1 is 1.07 bits per heavy atom. The van der Waals surface area contributed by atoms with E-state index in [0.717, 1.165) is 33.2 Å². The van der Waals surface area contributed by atoms with Gasteiger partial charge < -0.3 is 15.0 Å². The smallest absolute Gasteiger partial charge is 0.204 e. The van der Waals surface area contributed by atoms with E-state index in [0.29, 0.717) is 13.1 Å². The fraction of sp³-hybridized carbons (Fsp3) is 0.238. The van der Waals surface area contributed by atoms with Crippen LogP contribution in [-0.4, -0.2) is 32.3 Å². The number of imidazole rings is 1. The number of hydrogen-bond donors (Lipinski definition) is 2. The molecule has 0 saturated carbocycles. The normalized spacial score (nSPS) is 12.4. The van der Waals surface area contributed by atoms with Gasteiger partial charge in [-0.15, -0.1) is 11.3 Å². The van der Waals surface area contributed by atoms with Crippen LogP contribution in [0.3, 0.4) is 0 Å². The average Bonchev–Trinajstić information content (AvgIpc) is 3.22. The van der Waals surface area contributed by atoms with E-state index in [1.165, 1.54) is 4.88 Å². The molecule has 2 heterocycles. The Morgan fingerprint density at radius 2 is 1.81 bits per heavy atom. The zero-order valence-electron chi connectivity index (χ0n) is 15.4. The molecule has 0 spiro atoms. The largest absolute Gasteiger partial charge is 0.392 e. The van der Waals surface area contributed by atoms with Gasteiger partial charge in [-0.05, 0) is 26.0 Å². The van der Waals surface area contributed by atoms with E-state index in [9.17, 15) is 5.11 Å². The van der Waals surface area contributed by atoms with Gasteiger partial charge in [0.2, 0.25) is 5.95 Å². The fourth-order valence-electron chi connectivity index (χ4n) is 3.03. The van der Waals surface area contributed by atoms with E-state index in [1.54, 1.807) is 18.3 Å². The molecule has 1 atom stereocenters. The molecule has 5 nitrogen and oxygen atoms in total. The minimum atomic E-state index is -0.437. The summed E-state index contributed by atoms with van der Waals surface area (Å²) in [5.74, 6) is 0.770. The summed E-state index contributed by atoms with van der Waals surface area (Å²) in [4.78, 5) is 10.7. The lowest BCUT2D eigenvalue weighted by atomic mass is 10.2. The van der Waals surface area contributed by atoms with Crippen molar-refractivity contribution in [2.45, 2.75) is 26.5 Å². The van der Waals surface area contributed by atoms with Crippen LogP contribution in [0.4, 0.5) is 5.95 Å². The molecule has 0 saturated heterocycles. The third-order valence-corrected chi connectivity index (χ3v) is 5.62. The van der Waals surface area contributed by atoms with Gasteiger partial charge in [-0.2, -0.15) is 0 Å². The van der Waals surface area contributed by atoms with Crippen LogP contribution in [0.1, 0.15) is 17.5 Å². The third-order valence-electron chi connectivity index (χ3n) is 4.43. The Morgan fingerprint density at radius 3 is 2.59 bits per heavy atom. The lowest BCUT2D eigenvalue weighted by Crippen LogP contribution is -2.18. The van der Waals surface area contributed by atoms with Gasteiger partial charge in [0.1, 0.15) is 5.01 Å². The van der Waals surface area contributed by atoms with Gasteiger partial charge in [0.15, 0.2) is 0 Å². The molecule has 4 rings (SSSR count). The van der Waals surface area contributed by atoms with Gasteiger partial charge >= 0.3 is 0 Å². The summed E-state index contributed by atoms with van der Waals surface area (Å²) in [5, 5.41) is 13.9. The van der Waals surface area contributed by atoms with Crippen molar-refractivity contribution in [3.8, 4) is 10.6 Å². The summed E-state index contributed by atoms with van der Waals surface area (Å²) >= 11 is 1.72. The summed E-state index contributed by atoms with van der Waals surface area (Å²) in [5.41, 5.74) is 4.19. The first-order valence-corrected chi connectivity index (χ1v) is 9.82. The highest BCUT2D eigenvalue weighted by atomic mass is 32.1. The van der Waals surface area contributed by atoms with Crippen LogP contribution in [0.15, 0.2) is 54.6 Å². The molecule has 0 amide bonds. The zero-order valence-corrected chi connectivity index (χ0v) is 16.2. The average molecular weight is 379 g/mol. The van der Waals surface area contributed by atoms with Gasteiger partial charge in [-0.3, -0.25) is 0 Å². The van der Waals surface area contributed by atoms with Crippen molar-refractivity contribution in [2.24, 2.45) is 0 Å². The first-order chi connectivity index (χ1) is 13.1. The molecule has 0 bridgehead atoms. The van der Waals surface area contributed by atoms with Crippen LogP contribution in [-0.2, 0) is 6.54 Å². The summed E-state index contributed by atoms with van der Waals surface area (Å²) in [6.07, 6.45) is -0.437. The molecular formula is C21H22N4OS. The van der Waals surface area contributed by atoms with Crippen molar-refractivity contribution in [3.63, 3.8) is 0 Å². The maximum atomic E-state index is 9.64. The number of hydrogen-bond acceptors (Lipinski definition) is 5. The monoisotopic (exact) mass is 378 g/mol. The van der Waals surface area contributed by atoms with E-state index in [2.05, 4.69) is 35.0 Å². The highest BCUT2D eigenvalue weighted by Gasteiger charge is 2.15. The summed E-state index contributed by atoms with van der Waals surface area (Å²) in [7, 11) is 0. The molecule has 138 valence electrons. The second kappa shape index (κ2) is 7.50. The highest BCUT2D eigenvalue weighted by molar-refractivity contribution is 7.15. The van der Waals surface area contributed by atoms with Crippen LogP contribution in [0, 0.1) is 6.92 Å². The van der Waals surface area contributed by atoms with Crippen LogP contribution in [0.2, 0.25) is 0 Å². The van der Waals surface area contributed by atoms with E-state index < -0.39 is 6.10 Å². The van der Waals surface area contributed by atoms with E-state index in [1.807, 2.05) is 36.4 Å². The topological polar surface area (TPSA) is 63.0 Å². The molecule has 2 aromatic heterocycles. The molecule has 0 aliphatic heterocycles. The molecular weight excluding hydrogens is 356 g/mol.